The number of nitrogens with zero attached hydrogens (tertiary/aromatic N) is 2. The van der Waals surface area contributed by atoms with Crippen LogP contribution in [0.5, 0.6) is 0 Å². The molecule has 0 aromatic carbocycles. The fourth-order valence-electron chi connectivity index (χ4n) is 4.96. The van der Waals surface area contributed by atoms with Crippen molar-refractivity contribution in [2.24, 2.45) is 22.6 Å². The number of hydrogen-bond acceptors (Lipinski definition) is 3. The van der Waals surface area contributed by atoms with Crippen LogP contribution in [0.25, 0.3) is 0 Å². The van der Waals surface area contributed by atoms with E-state index in [4.69, 9.17) is 10.7 Å². The molecule has 2 N–H and O–H groups in total. The molecule has 1 aliphatic heterocycles. The van der Waals surface area contributed by atoms with E-state index in [0.717, 1.165) is 12.5 Å². The van der Waals surface area contributed by atoms with E-state index in [2.05, 4.69) is 25.0 Å². The highest BCUT2D eigenvalue weighted by Crippen LogP contribution is 2.37. The van der Waals surface area contributed by atoms with Crippen LogP contribution in [0.1, 0.15) is 78.1 Å². The minimum Gasteiger partial charge on any atom is -0.320 e. The highest BCUT2D eigenvalue weighted by atomic mass is 15.3. The first-order chi connectivity index (χ1) is 10.6. The van der Waals surface area contributed by atoms with E-state index in [1.807, 2.05) is 0 Å². The molecule has 126 valence electrons. The molecule has 3 heteroatoms. The van der Waals surface area contributed by atoms with Gasteiger partial charge in [-0.2, -0.15) is 0 Å². The van der Waals surface area contributed by atoms with Crippen molar-refractivity contribution in [3.8, 4) is 0 Å². The lowest BCUT2D eigenvalue weighted by Crippen LogP contribution is -2.60. The van der Waals surface area contributed by atoms with Gasteiger partial charge in [0.1, 0.15) is 6.17 Å². The predicted octanol–water partition coefficient (Wildman–Crippen LogP) is 3.97. The van der Waals surface area contributed by atoms with Gasteiger partial charge in [-0.15, -0.1) is 0 Å². The third-order valence-electron chi connectivity index (χ3n) is 6.29. The minimum absolute atomic E-state index is 0.250. The lowest BCUT2D eigenvalue weighted by Gasteiger charge is -2.48. The normalized spacial score (nSPS) is 37.3. The number of hydrogen-bond donors (Lipinski definition) is 1. The van der Waals surface area contributed by atoms with Crippen molar-refractivity contribution in [2.45, 2.75) is 95.8 Å². The fourth-order valence-corrected chi connectivity index (χ4v) is 4.96. The molecular formula is C19H35N3. The summed E-state index contributed by atoms with van der Waals surface area (Å²) in [6, 6.07) is 0.713. The highest BCUT2D eigenvalue weighted by Gasteiger charge is 2.39. The SMILES string of the molecule is CC(C1CCCCC1)C1N=CC(C)(N)CN1C1CCCCC1. The van der Waals surface area contributed by atoms with E-state index in [1.54, 1.807) is 0 Å². The molecular weight excluding hydrogens is 270 g/mol. The van der Waals surface area contributed by atoms with Crippen LogP contribution in [0.2, 0.25) is 0 Å². The minimum atomic E-state index is -0.250. The molecule has 3 nitrogen and oxygen atoms in total. The molecule has 0 amide bonds. The second kappa shape index (κ2) is 7.00. The molecule has 0 aromatic rings. The Kier molecular flexibility index (Phi) is 5.24. The van der Waals surface area contributed by atoms with Gasteiger partial charge in [-0.1, -0.05) is 58.3 Å². The molecule has 0 saturated heterocycles. The van der Waals surface area contributed by atoms with E-state index < -0.39 is 0 Å². The Labute approximate surface area is 136 Å². The standard InChI is InChI=1S/C19H35N3/c1-15(16-9-5-3-6-10-16)18-21-13-19(2,20)14-22(18)17-11-7-4-8-12-17/h13,15-18H,3-12,14,20H2,1-2H3. The first-order valence-electron chi connectivity index (χ1n) is 9.66. The lowest BCUT2D eigenvalue weighted by atomic mass is 9.78. The van der Waals surface area contributed by atoms with Gasteiger partial charge in [-0.05, 0) is 31.6 Å². The van der Waals surface area contributed by atoms with Gasteiger partial charge < -0.3 is 5.73 Å². The summed E-state index contributed by atoms with van der Waals surface area (Å²) in [4.78, 5) is 7.68. The summed E-state index contributed by atoms with van der Waals surface area (Å²) in [6.07, 6.45) is 16.4. The Morgan fingerprint density at radius 3 is 2.27 bits per heavy atom. The molecule has 1 heterocycles. The second-order valence-electron chi connectivity index (χ2n) is 8.42. The van der Waals surface area contributed by atoms with E-state index in [-0.39, 0.29) is 5.54 Å². The van der Waals surface area contributed by atoms with Crippen LogP contribution in [0, 0.1) is 11.8 Å². The number of rotatable bonds is 3. The van der Waals surface area contributed by atoms with Crippen LogP contribution in [0.4, 0.5) is 0 Å². The van der Waals surface area contributed by atoms with Crippen molar-refractivity contribution in [3.63, 3.8) is 0 Å². The van der Waals surface area contributed by atoms with Gasteiger partial charge in [0.05, 0.1) is 5.54 Å². The van der Waals surface area contributed by atoms with Gasteiger partial charge in [0, 0.05) is 18.8 Å². The maximum Gasteiger partial charge on any atom is 0.105 e. The average Bonchev–Trinajstić information content (AvgIpc) is 2.55. The predicted molar refractivity (Wildman–Crippen MR) is 94.2 cm³/mol. The molecule has 0 bridgehead atoms. The second-order valence-corrected chi connectivity index (χ2v) is 8.42. The van der Waals surface area contributed by atoms with Crippen LogP contribution in [0.3, 0.4) is 0 Å². The summed E-state index contributed by atoms with van der Waals surface area (Å²) in [5, 5.41) is 0. The Balaban J connectivity index is 1.75. The number of nitrogens with two attached hydrogens (primary N) is 1. The zero-order valence-corrected chi connectivity index (χ0v) is 14.6. The molecule has 2 fully saturated rings. The zero-order valence-electron chi connectivity index (χ0n) is 14.6. The quantitative estimate of drug-likeness (QED) is 0.857. The monoisotopic (exact) mass is 305 g/mol. The average molecular weight is 306 g/mol. The molecule has 0 spiro atoms. The van der Waals surface area contributed by atoms with Crippen LogP contribution < -0.4 is 5.73 Å². The molecule has 2 saturated carbocycles. The van der Waals surface area contributed by atoms with Gasteiger partial charge in [-0.25, -0.2) is 0 Å². The van der Waals surface area contributed by atoms with E-state index in [9.17, 15) is 0 Å². The Hall–Kier alpha value is -0.410. The van der Waals surface area contributed by atoms with Crippen LogP contribution in [-0.4, -0.2) is 35.4 Å². The van der Waals surface area contributed by atoms with Crippen LogP contribution in [-0.2, 0) is 0 Å². The molecule has 22 heavy (non-hydrogen) atoms. The Morgan fingerprint density at radius 2 is 1.64 bits per heavy atom. The molecule has 0 aromatic heterocycles. The molecule has 0 radical (unpaired) electrons. The van der Waals surface area contributed by atoms with Crippen molar-refractivity contribution >= 4 is 6.21 Å². The summed E-state index contributed by atoms with van der Waals surface area (Å²) in [6.45, 7) is 5.57. The van der Waals surface area contributed by atoms with Gasteiger partial charge in [0.25, 0.3) is 0 Å². The van der Waals surface area contributed by atoms with Crippen molar-refractivity contribution in [1.29, 1.82) is 0 Å². The number of aliphatic imine (C=N–C) groups is 1. The highest BCUT2D eigenvalue weighted by molar-refractivity contribution is 5.70. The summed E-state index contributed by atoms with van der Waals surface area (Å²) in [5.74, 6) is 1.54. The zero-order chi connectivity index (χ0) is 15.6. The maximum absolute atomic E-state index is 6.42. The van der Waals surface area contributed by atoms with E-state index >= 15 is 0 Å². The topological polar surface area (TPSA) is 41.6 Å². The molecule has 3 rings (SSSR count). The molecule has 3 aliphatic rings. The third-order valence-corrected chi connectivity index (χ3v) is 6.29. The first kappa shape index (κ1) is 16.4. The molecule has 3 unspecified atom stereocenters. The Morgan fingerprint density at radius 1 is 1.05 bits per heavy atom. The fraction of sp³-hybridized carbons (Fsp3) is 0.947. The largest absolute Gasteiger partial charge is 0.320 e. The smallest absolute Gasteiger partial charge is 0.105 e. The van der Waals surface area contributed by atoms with E-state index in [0.29, 0.717) is 18.1 Å². The van der Waals surface area contributed by atoms with E-state index in [1.165, 1.54) is 64.2 Å². The van der Waals surface area contributed by atoms with Crippen molar-refractivity contribution in [1.82, 2.24) is 4.90 Å². The van der Waals surface area contributed by atoms with Gasteiger partial charge in [-0.3, -0.25) is 9.89 Å². The van der Waals surface area contributed by atoms with Crippen molar-refractivity contribution in [2.75, 3.05) is 6.54 Å². The van der Waals surface area contributed by atoms with Crippen molar-refractivity contribution in [3.05, 3.63) is 0 Å². The van der Waals surface area contributed by atoms with Crippen LogP contribution >= 0.6 is 0 Å². The molecule has 3 atom stereocenters. The Bertz CT molecular complexity index is 378. The first-order valence-corrected chi connectivity index (χ1v) is 9.66. The van der Waals surface area contributed by atoms with Crippen LogP contribution in [0.15, 0.2) is 4.99 Å². The summed E-state index contributed by atoms with van der Waals surface area (Å²) in [7, 11) is 0. The van der Waals surface area contributed by atoms with Gasteiger partial charge in [0.2, 0.25) is 0 Å². The van der Waals surface area contributed by atoms with Crippen molar-refractivity contribution < 1.29 is 0 Å². The lowest BCUT2D eigenvalue weighted by molar-refractivity contribution is 0.0357. The maximum atomic E-state index is 6.42. The van der Waals surface area contributed by atoms with Gasteiger partial charge in [0.15, 0.2) is 0 Å². The molecule has 2 aliphatic carbocycles. The summed E-state index contributed by atoms with van der Waals surface area (Å²) >= 11 is 0. The van der Waals surface area contributed by atoms with Gasteiger partial charge >= 0.3 is 0 Å². The summed E-state index contributed by atoms with van der Waals surface area (Å²) < 4.78 is 0. The summed E-state index contributed by atoms with van der Waals surface area (Å²) in [5.41, 5.74) is 6.17. The third kappa shape index (κ3) is 3.73.